The molecule has 1 aliphatic rings. The molecule has 0 atom stereocenters. The smallest absolute Gasteiger partial charge is 0.282 e. The van der Waals surface area contributed by atoms with Crippen molar-refractivity contribution in [2.24, 2.45) is 0 Å². The Kier molecular flexibility index (Phi) is 5.64. The number of ether oxygens (including phenoxy) is 1. The van der Waals surface area contributed by atoms with Crippen molar-refractivity contribution in [1.29, 1.82) is 0 Å². The first-order chi connectivity index (χ1) is 15.4. The zero-order chi connectivity index (χ0) is 22.8. The van der Waals surface area contributed by atoms with Gasteiger partial charge in [0.15, 0.2) is 0 Å². The molecule has 0 aliphatic carbocycles. The molecule has 0 saturated heterocycles. The fraction of sp³-hybridized carbons (Fsp3) is 0.120. The van der Waals surface area contributed by atoms with E-state index in [0.717, 1.165) is 10.6 Å². The first-order valence-electron chi connectivity index (χ1n) is 9.97. The van der Waals surface area contributed by atoms with Crippen LogP contribution in [0, 0.1) is 5.82 Å². The van der Waals surface area contributed by atoms with Crippen molar-refractivity contribution in [3.63, 3.8) is 0 Å². The van der Waals surface area contributed by atoms with Gasteiger partial charge in [0.05, 0.1) is 18.4 Å². The Morgan fingerprint density at radius 1 is 0.875 bits per heavy atom. The monoisotopic (exact) mass is 431 g/mol. The third kappa shape index (κ3) is 3.80. The Labute approximate surface area is 185 Å². The molecule has 32 heavy (non-hydrogen) atoms. The SMILES string of the molecule is COc1ccc(C2=C(Nc3ccc(N(C)C)cc3)C(=O)N(c3ccccc3F)C2=O)cc1. The number of anilines is 3. The van der Waals surface area contributed by atoms with Gasteiger partial charge in [0.1, 0.15) is 17.3 Å². The predicted molar refractivity (Wildman–Crippen MR) is 123 cm³/mol. The minimum atomic E-state index is -0.653. The number of benzene rings is 3. The summed E-state index contributed by atoms with van der Waals surface area (Å²) in [5, 5.41) is 3.08. The number of hydrogen-bond donors (Lipinski definition) is 1. The van der Waals surface area contributed by atoms with E-state index >= 15 is 0 Å². The second-order valence-electron chi connectivity index (χ2n) is 7.44. The van der Waals surface area contributed by atoms with Gasteiger partial charge in [0.2, 0.25) is 0 Å². The molecular formula is C25H22FN3O3. The van der Waals surface area contributed by atoms with Crippen LogP contribution in [0.5, 0.6) is 5.75 Å². The number of hydrogen-bond acceptors (Lipinski definition) is 5. The summed E-state index contributed by atoms with van der Waals surface area (Å²) in [5.74, 6) is -1.26. The van der Waals surface area contributed by atoms with Gasteiger partial charge in [-0.2, -0.15) is 0 Å². The number of amides is 2. The highest BCUT2D eigenvalue weighted by Gasteiger charge is 2.41. The lowest BCUT2D eigenvalue weighted by molar-refractivity contribution is -0.120. The number of para-hydroxylation sites is 1. The molecule has 0 radical (unpaired) electrons. The number of methoxy groups -OCH3 is 1. The number of nitrogens with one attached hydrogen (secondary N) is 1. The molecule has 162 valence electrons. The number of halogens is 1. The Morgan fingerprint density at radius 2 is 1.53 bits per heavy atom. The third-order valence-electron chi connectivity index (χ3n) is 5.21. The summed E-state index contributed by atoms with van der Waals surface area (Å²) >= 11 is 0. The van der Waals surface area contributed by atoms with Gasteiger partial charge in [-0.05, 0) is 54.1 Å². The summed E-state index contributed by atoms with van der Waals surface area (Å²) < 4.78 is 19.7. The average molecular weight is 431 g/mol. The van der Waals surface area contributed by atoms with Crippen LogP contribution in [-0.4, -0.2) is 33.0 Å². The molecule has 0 spiro atoms. The fourth-order valence-corrected chi connectivity index (χ4v) is 3.51. The van der Waals surface area contributed by atoms with Gasteiger partial charge in [-0.3, -0.25) is 9.59 Å². The van der Waals surface area contributed by atoms with Crippen LogP contribution in [0.1, 0.15) is 5.56 Å². The van der Waals surface area contributed by atoms with Crippen LogP contribution in [0.15, 0.2) is 78.5 Å². The molecule has 3 aromatic carbocycles. The quantitative estimate of drug-likeness (QED) is 0.590. The lowest BCUT2D eigenvalue weighted by atomic mass is 10.0. The van der Waals surface area contributed by atoms with Gasteiger partial charge in [0, 0.05) is 25.5 Å². The maximum atomic E-state index is 14.5. The standard InChI is InChI=1S/C25H22FN3O3/c1-28(2)18-12-10-17(11-13-18)27-23-22(16-8-14-19(32-3)15-9-16)24(30)29(25(23)31)21-7-5-4-6-20(21)26/h4-15,27H,1-3H3. The van der Waals surface area contributed by atoms with E-state index in [4.69, 9.17) is 4.74 Å². The average Bonchev–Trinajstić information content (AvgIpc) is 3.04. The lowest BCUT2D eigenvalue weighted by Gasteiger charge is -2.16. The van der Waals surface area contributed by atoms with Crippen LogP contribution in [0.3, 0.4) is 0 Å². The van der Waals surface area contributed by atoms with Gasteiger partial charge in [-0.15, -0.1) is 0 Å². The fourth-order valence-electron chi connectivity index (χ4n) is 3.51. The van der Waals surface area contributed by atoms with Crippen molar-refractivity contribution in [3.05, 3.63) is 89.9 Å². The van der Waals surface area contributed by atoms with Crippen LogP contribution in [-0.2, 0) is 9.59 Å². The Bertz CT molecular complexity index is 1200. The highest BCUT2D eigenvalue weighted by Crippen LogP contribution is 2.35. The van der Waals surface area contributed by atoms with E-state index < -0.39 is 17.6 Å². The molecule has 1 aliphatic heterocycles. The summed E-state index contributed by atoms with van der Waals surface area (Å²) in [6.07, 6.45) is 0. The number of carbonyl (C=O) groups is 2. The van der Waals surface area contributed by atoms with Crippen molar-refractivity contribution in [2.75, 3.05) is 36.3 Å². The van der Waals surface area contributed by atoms with E-state index in [1.165, 1.54) is 18.2 Å². The van der Waals surface area contributed by atoms with Crippen molar-refractivity contribution < 1.29 is 18.7 Å². The van der Waals surface area contributed by atoms with Crippen molar-refractivity contribution in [2.45, 2.75) is 0 Å². The summed E-state index contributed by atoms with van der Waals surface area (Å²) in [6, 6.07) is 19.9. The number of imide groups is 1. The normalized spacial score (nSPS) is 13.6. The molecule has 2 amide bonds. The maximum Gasteiger partial charge on any atom is 0.282 e. The Morgan fingerprint density at radius 3 is 2.12 bits per heavy atom. The third-order valence-corrected chi connectivity index (χ3v) is 5.21. The number of rotatable bonds is 6. The molecule has 6 nitrogen and oxygen atoms in total. The number of nitrogens with zero attached hydrogens (tertiary/aromatic N) is 2. The minimum absolute atomic E-state index is 0.0843. The van der Waals surface area contributed by atoms with Gasteiger partial charge < -0.3 is 15.0 Å². The highest BCUT2D eigenvalue weighted by molar-refractivity contribution is 6.46. The first-order valence-corrected chi connectivity index (χ1v) is 9.97. The molecule has 7 heteroatoms. The van der Waals surface area contributed by atoms with E-state index in [1.807, 2.05) is 43.3 Å². The predicted octanol–water partition coefficient (Wildman–Crippen LogP) is 4.30. The van der Waals surface area contributed by atoms with Crippen molar-refractivity contribution in [1.82, 2.24) is 0 Å². The molecule has 0 saturated carbocycles. The summed E-state index contributed by atoms with van der Waals surface area (Å²) in [6.45, 7) is 0. The van der Waals surface area contributed by atoms with E-state index in [2.05, 4.69) is 5.32 Å². The van der Waals surface area contributed by atoms with Gasteiger partial charge >= 0.3 is 0 Å². The van der Waals surface area contributed by atoms with Crippen LogP contribution >= 0.6 is 0 Å². The van der Waals surface area contributed by atoms with Crippen LogP contribution in [0.4, 0.5) is 21.5 Å². The van der Waals surface area contributed by atoms with Crippen LogP contribution in [0.25, 0.3) is 5.57 Å². The lowest BCUT2D eigenvalue weighted by Crippen LogP contribution is -2.33. The molecule has 1 N–H and O–H groups in total. The largest absolute Gasteiger partial charge is 0.497 e. The van der Waals surface area contributed by atoms with E-state index in [9.17, 15) is 14.0 Å². The maximum absolute atomic E-state index is 14.5. The summed E-state index contributed by atoms with van der Waals surface area (Å²) in [5.41, 5.74) is 2.30. The van der Waals surface area contributed by atoms with Gasteiger partial charge in [0.25, 0.3) is 11.8 Å². The highest BCUT2D eigenvalue weighted by atomic mass is 19.1. The molecule has 4 rings (SSSR count). The molecule has 0 unspecified atom stereocenters. The van der Waals surface area contributed by atoms with E-state index in [1.54, 1.807) is 37.4 Å². The molecule has 0 bridgehead atoms. The zero-order valence-electron chi connectivity index (χ0n) is 17.9. The topological polar surface area (TPSA) is 61.9 Å². The molecule has 1 heterocycles. The first kappa shape index (κ1) is 21.1. The molecule has 0 aromatic heterocycles. The van der Waals surface area contributed by atoms with Crippen LogP contribution < -0.4 is 19.9 Å². The van der Waals surface area contributed by atoms with E-state index in [0.29, 0.717) is 17.0 Å². The zero-order valence-corrected chi connectivity index (χ0v) is 17.9. The van der Waals surface area contributed by atoms with Gasteiger partial charge in [-0.1, -0.05) is 24.3 Å². The Hall–Kier alpha value is -4.13. The van der Waals surface area contributed by atoms with Crippen molar-refractivity contribution in [3.8, 4) is 5.75 Å². The minimum Gasteiger partial charge on any atom is -0.497 e. The van der Waals surface area contributed by atoms with Gasteiger partial charge in [-0.25, -0.2) is 9.29 Å². The number of carbonyl (C=O) groups excluding carboxylic acids is 2. The molecular weight excluding hydrogens is 409 g/mol. The van der Waals surface area contributed by atoms with Crippen molar-refractivity contribution >= 4 is 34.4 Å². The van der Waals surface area contributed by atoms with Crippen LogP contribution in [0.2, 0.25) is 0 Å². The second kappa shape index (κ2) is 8.55. The summed E-state index contributed by atoms with van der Waals surface area (Å²) in [7, 11) is 5.40. The second-order valence-corrected chi connectivity index (χ2v) is 7.44. The van der Waals surface area contributed by atoms with E-state index in [-0.39, 0.29) is 17.0 Å². The summed E-state index contributed by atoms with van der Waals surface area (Å²) in [4.78, 5) is 29.5. The molecule has 3 aromatic rings. The Balaban J connectivity index is 1.79. The molecule has 0 fully saturated rings.